The van der Waals surface area contributed by atoms with Gasteiger partial charge in [-0.3, -0.25) is 4.55 Å². The number of nitrogens with zero attached hydrogens (tertiary/aromatic N) is 1. The summed E-state index contributed by atoms with van der Waals surface area (Å²) in [6.07, 6.45) is 5.13. The number of benzene rings is 1. The van der Waals surface area contributed by atoms with Crippen molar-refractivity contribution >= 4 is 31.7 Å². The monoisotopic (exact) mass is 377 g/mol. The Bertz CT molecular complexity index is 502. The lowest BCUT2D eigenvalue weighted by Gasteiger charge is -2.25. The first-order valence-corrected chi connectivity index (χ1v) is 9.78. The van der Waals surface area contributed by atoms with Gasteiger partial charge in [-0.15, -0.1) is 0 Å². The summed E-state index contributed by atoms with van der Waals surface area (Å²) in [5, 5.41) is 0. The summed E-state index contributed by atoms with van der Waals surface area (Å²) in [5.74, 6) is -0.186. The predicted molar refractivity (Wildman–Crippen MR) is 91.5 cm³/mol. The third-order valence-electron chi connectivity index (χ3n) is 3.30. The van der Waals surface area contributed by atoms with Gasteiger partial charge in [0, 0.05) is 23.2 Å². The maximum absolute atomic E-state index is 10.8. The summed E-state index contributed by atoms with van der Waals surface area (Å²) in [6, 6.07) is 8.02. The Morgan fingerprint density at radius 3 is 2.24 bits per heavy atom. The maximum atomic E-state index is 10.8. The van der Waals surface area contributed by atoms with Gasteiger partial charge in [-0.05, 0) is 37.1 Å². The van der Waals surface area contributed by atoms with Crippen molar-refractivity contribution in [3.8, 4) is 0 Å². The fraction of sp³-hybridized carbons (Fsp3) is 0.600. The van der Waals surface area contributed by atoms with E-state index >= 15 is 0 Å². The van der Waals surface area contributed by atoms with Crippen LogP contribution in [-0.4, -0.2) is 31.8 Å². The van der Waals surface area contributed by atoms with Crippen LogP contribution in [0.5, 0.6) is 0 Å². The Kier molecular flexibility index (Phi) is 8.29. The number of unbranched alkanes of at least 4 members (excludes halogenated alkanes) is 3. The van der Waals surface area contributed by atoms with E-state index < -0.39 is 10.1 Å². The largest absolute Gasteiger partial charge is 0.372 e. The van der Waals surface area contributed by atoms with Gasteiger partial charge in [0.05, 0.1) is 5.75 Å². The molecule has 0 aliphatic rings. The van der Waals surface area contributed by atoms with Gasteiger partial charge >= 0.3 is 0 Å². The van der Waals surface area contributed by atoms with E-state index in [-0.39, 0.29) is 5.75 Å². The lowest BCUT2D eigenvalue weighted by molar-refractivity contribution is 0.480. The molecule has 0 heterocycles. The molecule has 1 N–H and O–H groups in total. The van der Waals surface area contributed by atoms with Gasteiger partial charge in [0.25, 0.3) is 10.1 Å². The van der Waals surface area contributed by atoms with Gasteiger partial charge in [-0.1, -0.05) is 42.1 Å². The average Bonchev–Trinajstić information content (AvgIpc) is 2.41. The topological polar surface area (TPSA) is 57.6 Å². The molecule has 21 heavy (non-hydrogen) atoms. The van der Waals surface area contributed by atoms with E-state index in [9.17, 15) is 8.42 Å². The molecule has 0 fully saturated rings. The van der Waals surface area contributed by atoms with E-state index in [0.717, 1.165) is 23.1 Å². The zero-order valence-electron chi connectivity index (χ0n) is 12.5. The van der Waals surface area contributed by atoms with Gasteiger partial charge in [0.1, 0.15) is 0 Å². The molecule has 0 aromatic heterocycles. The lowest BCUT2D eigenvalue weighted by Crippen LogP contribution is -2.27. The van der Waals surface area contributed by atoms with Crippen LogP contribution in [0.2, 0.25) is 0 Å². The predicted octanol–water partition coefficient (Wildman–Crippen LogP) is 4.11. The van der Waals surface area contributed by atoms with E-state index in [1.165, 1.54) is 19.3 Å². The fourth-order valence-corrected chi connectivity index (χ4v) is 2.95. The molecule has 4 nitrogen and oxygen atoms in total. The van der Waals surface area contributed by atoms with Crippen molar-refractivity contribution in [1.29, 1.82) is 0 Å². The first-order valence-electron chi connectivity index (χ1n) is 7.38. The first kappa shape index (κ1) is 18.5. The molecule has 0 saturated heterocycles. The molecule has 1 aromatic carbocycles. The van der Waals surface area contributed by atoms with E-state index in [1.807, 2.05) is 24.3 Å². The number of halogens is 1. The smallest absolute Gasteiger partial charge is 0.264 e. The average molecular weight is 378 g/mol. The highest BCUT2D eigenvalue weighted by Gasteiger charge is 2.09. The second-order valence-electron chi connectivity index (χ2n) is 5.16. The highest BCUT2D eigenvalue weighted by Crippen LogP contribution is 2.19. The molecule has 120 valence electrons. The van der Waals surface area contributed by atoms with Gasteiger partial charge in [0.2, 0.25) is 0 Å². The second-order valence-corrected chi connectivity index (χ2v) is 7.65. The van der Waals surface area contributed by atoms with Gasteiger partial charge in [-0.25, -0.2) is 0 Å². The molecule has 0 amide bonds. The van der Waals surface area contributed by atoms with Crippen LogP contribution < -0.4 is 4.90 Å². The summed E-state index contributed by atoms with van der Waals surface area (Å²) in [6.45, 7) is 3.72. The molecule has 0 radical (unpaired) electrons. The van der Waals surface area contributed by atoms with Crippen molar-refractivity contribution in [2.45, 2.75) is 39.0 Å². The van der Waals surface area contributed by atoms with E-state index in [1.54, 1.807) is 0 Å². The third-order valence-corrected chi connectivity index (χ3v) is 4.64. The Labute approximate surface area is 136 Å². The standard InChI is InChI=1S/C15H24BrNO3S/c1-2-3-4-5-11-17(12-6-13-21(18,19)20)15-9-7-14(16)8-10-15/h7-10H,2-6,11-13H2,1H3,(H,18,19,20). The lowest BCUT2D eigenvalue weighted by atomic mass is 10.2. The number of hydrogen-bond acceptors (Lipinski definition) is 3. The molecular weight excluding hydrogens is 354 g/mol. The summed E-state index contributed by atoms with van der Waals surface area (Å²) in [4.78, 5) is 2.19. The molecule has 0 saturated carbocycles. The van der Waals surface area contributed by atoms with Crippen molar-refractivity contribution < 1.29 is 13.0 Å². The third kappa shape index (κ3) is 8.44. The van der Waals surface area contributed by atoms with Crippen LogP contribution in [-0.2, 0) is 10.1 Å². The van der Waals surface area contributed by atoms with Crippen molar-refractivity contribution in [1.82, 2.24) is 0 Å². The van der Waals surface area contributed by atoms with Gasteiger partial charge < -0.3 is 4.90 Å². The first-order chi connectivity index (χ1) is 9.92. The summed E-state index contributed by atoms with van der Waals surface area (Å²) in [7, 11) is -3.87. The minimum absolute atomic E-state index is 0.186. The molecule has 0 aliphatic heterocycles. The van der Waals surface area contributed by atoms with Crippen LogP contribution in [0.25, 0.3) is 0 Å². The number of hydrogen-bond donors (Lipinski definition) is 1. The molecule has 0 spiro atoms. The molecule has 6 heteroatoms. The molecule has 1 rings (SSSR count). The Hall–Kier alpha value is -0.590. The Morgan fingerprint density at radius 1 is 1.05 bits per heavy atom. The van der Waals surface area contributed by atoms with Crippen LogP contribution >= 0.6 is 15.9 Å². The van der Waals surface area contributed by atoms with Crippen molar-refractivity contribution in [3.63, 3.8) is 0 Å². The molecule has 0 bridgehead atoms. The second kappa shape index (κ2) is 9.43. The SMILES string of the molecule is CCCCCCN(CCCS(=O)(=O)O)c1ccc(Br)cc1. The molecule has 0 aliphatic carbocycles. The summed E-state index contributed by atoms with van der Waals surface area (Å²) < 4.78 is 31.5. The van der Waals surface area contributed by atoms with Crippen LogP contribution in [0.3, 0.4) is 0 Å². The highest BCUT2D eigenvalue weighted by molar-refractivity contribution is 9.10. The van der Waals surface area contributed by atoms with E-state index in [4.69, 9.17) is 4.55 Å². The molecule has 1 aromatic rings. The quantitative estimate of drug-likeness (QED) is 0.492. The normalized spacial score (nSPS) is 11.6. The van der Waals surface area contributed by atoms with E-state index in [0.29, 0.717) is 13.0 Å². The molecule has 0 unspecified atom stereocenters. The number of anilines is 1. The zero-order chi connectivity index (χ0) is 15.7. The van der Waals surface area contributed by atoms with Crippen molar-refractivity contribution in [3.05, 3.63) is 28.7 Å². The maximum Gasteiger partial charge on any atom is 0.264 e. The Balaban J connectivity index is 2.58. The minimum atomic E-state index is -3.87. The van der Waals surface area contributed by atoms with Crippen molar-refractivity contribution in [2.75, 3.05) is 23.7 Å². The van der Waals surface area contributed by atoms with Crippen LogP contribution in [0, 0.1) is 0 Å². The zero-order valence-corrected chi connectivity index (χ0v) is 14.9. The highest BCUT2D eigenvalue weighted by atomic mass is 79.9. The fourth-order valence-electron chi connectivity index (χ4n) is 2.19. The van der Waals surface area contributed by atoms with Crippen LogP contribution in [0.1, 0.15) is 39.0 Å². The van der Waals surface area contributed by atoms with Gasteiger partial charge in [-0.2, -0.15) is 8.42 Å². The molecular formula is C15H24BrNO3S. The minimum Gasteiger partial charge on any atom is -0.372 e. The Morgan fingerprint density at radius 2 is 1.67 bits per heavy atom. The van der Waals surface area contributed by atoms with Crippen LogP contribution in [0.4, 0.5) is 5.69 Å². The van der Waals surface area contributed by atoms with Crippen LogP contribution in [0.15, 0.2) is 28.7 Å². The summed E-state index contributed by atoms with van der Waals surface area (Å²) >= 11 is 3.42. The molecule has 0 atom stereocenters. The number of rotatable bonds is 10. The van der Waals surface area contributed by atoms with Gasteiger partial charge in [0.15, 0.2) is 0 Å². The summed E-state index contributed by atoms with van der Waals surface area (Å²) in [5.41, 5.74) is 1.09. The van der Waals surface area contributed by atoms with E-state index in [2.05, 4.69) is 27.8 Å². The van der Waals surface area contributed by atoms with Crippen molar-refractivity contribution in [2.24, 2.45) is 0 Å².